The van der Waals surface area contributed by atoms with Crippen LogP contribution in [0, 0.1) is 0 Å². The third-order valence-corrected chi connectivity index (χ3v) is 18.4. The predicted molar refractivity (Wildman–Crippen MR) is 382 cm³/mol. The summed E-state index contributed by atoms with van der Waals surface area (Å²) in [6.45, 7) is -2.44. The second-order valence-corrected chi connectivity index (χ2v) is 26.2. The summed E-state index contributed by atoms with van der Waals surface area (Å²) in [4.78, 5) is 82.2. The van der Waals surface area contributed by atoms with E-state index < -0.39 is 173 Å². The summed E-state index contributed by atoms with van der Waals surface area (Å²) in [6, 6.07) is 47.9. The van der Waals surface area contributed by atoms with Crippen LogP contribution in [0.2, 0.25) is 0 Å². The van der Waals surface area contributed by atoms with E-state index >= 15 is 0 Å². The van der Waals surface area contributed by atoms with Gasteiger partial charge in [-0.2, -0.15) is 0 Å². The number of amides is 6. The van der Waals surface area contributed by atoms with Crippen LogP contribution in [-0.4, -0.2) is 223 Å². The average molecular weight is 1500 g/mol. The van der Waals surface area contributed by atoms with Crippen molar-refractivity contribution >= 4 is 36.4 Å². The van der Waals surface area contributed by atoms with Crippen molar-refractivity contribution in [3.05, 3.63) is 215 Å². The van der Waals surface area contributed by atoms with E-state index in [1.165, 1.54) is 0 Å². The largest absolute Gasteiger partial charge is 0.445 e. The Morgan fingerprint density at radius 1 is 0.417 bits per heavy atom. The highest BCUT2D eigenvalue weighted by Gasteiger charge is 2.57. The molecule has 582 valence electrons. The molecule has 6 amide bonds. The first-order valence-electron chi connectivity index (χ1n) is 35.9. The van der Waals surface area contributed by atoms with E-state index in [9.17, 15) is 59.4 Å². The molecule has 1 aliphatic carbocycles. The Morgan fingerprint density at radius 2 is 0.880 bits per heavy atom. The zero-order chi connectivity index (χ0) is 76.0. The molecule has 18 atom stereocenters. The van der Waals surface area contributed by atoms with Crippen LogP contribution in [0.3, 0.4) is 0 Å². The number of aliphatic hydroxyl groups excluding tert-OH is 6. The van der Waals surface area contributed by atoms with E-state index in [2.05, 4.69) is 37.2 Å². The molecule has 31 heteroatoms. The smallest absolute Gasteiger partial charge is 0.407 e. The summed E-state index contributed by atoms with van der Waals surface area (Å²) >= 11 is 0. The van der Waals surface area contributed by atoms with Crippen LogP contribution >= 0.6 is 0 Å². The van der Waals surface area contributed by atoms with Crippen LogP contribution in [-0.2, 0) is 101 Å². The van der Waals surface area contributed by atoms with Gasteiger partial charge in [-0.05, 0) is 72.0 Å². The van der Waals surface area contributed by atoms with Crippen molar-refractivity contribution in [2.45, 2.75) is 175 Å². The predicted octanol–water partition coefficient (Wildman–Crippen LogP) is 3.76. The molecular weight excluding hydrogens is 1410 g/mol. The second-order valence-electron chi connectivity index (χ2n) is 26.2. The standard InChI is InChI=1S/C77H95N7O24/c85-41-54-31-32-55(82-75(94)100-45-51-25-13-4-14-26-51)70(103-54)106-65-57(83-76(95)101-46-52-27-15-5-16-28-52)39-56(81-69(91)58(87)34-36-79-73(92)98-43-49-21-9-2-10-22-49)62(88)67(65)108-72-68(97-38-37-78-35-33-48-19-7-1-8-20-48)66(60(42-86)105-72)107-71-61(84-77(96)102-47-53-29-17-6-18-30-53)64(90)63(89)59(104-71)40-80-74(93)99-44-50-23-11-3-12-24-50/h1-30,54-68,70-72,78,85-90H,31-47H2,(H,79,92)(H,80,93)(H,81,91)(H,82,94)(H,83,95)(H,84,96)/t54-,55+,56+,57-,58-,59-,60+,61+,62-,63+,64+,65+,66+,67+,68+,70+,71+,72-/m0/s1. The van der Waals surface area contributed by atoms with Crippen LogP contribution in [0.4, 0.5) is 24.0 Å². The minimum atomic E-state index is -1.95. The Labute approximate surface area is 624 Å². The lowest BCUT2D eigenvalue weighted by Crippen LogP contribution is -2.68. The number of hydrogen-bond acceptors (Lipinski definition) is 25. The van der Waals surface area contributed by atoms with Crippen LogP contribution in [0.1, 0.15) is 59.1 Å². The quantitative estimate of drug-likeness (QED) is 0.0199. The van der Waals surface area contributed by atoms with Gasteiger partial charge in [-0.15, -0.1) is 0 Å². The summed E-state index contributed by atoms with van der Waals surface area (Å²) < 4.78 is 74.4. The molecule has 1 saturated carbocycles. The minimum Gasteiger partial charge on any atom is -0.445 e. The zero-order valence-electron chi connectivity index (χ0n) is 59.3. The fourth-order valence-corrected chi connectivity index (χ4v) is 12.6. The highest BCUT2D eigenvalue weighted by atomic mass is 16.8. The van der Waals surface area contributed by atoms with Crippen LogP contribution in [0.15, 0.2) is 182 Å². The number of hydrogen-bond donors (Lipinski definition) is 13. The second kappa shape index (κ2) is 42.4. The highest BCUT2D eigenvalue weighted by Crippen LogP contribution is 2.37. The van der Waals surface area contributed by atoms with Gasteiger partial charge in [0.05, 0.1) is 44.1 Å². The lowest BCUT2D eigenvalue weighted by Gasteiger charge is -2.48. The average Bonchev–Trinajstić information content (AvgIpc) is 1.43. The molecule has 108 heavy (non-hydrogen) atoms. The van der Waals surface area contributed by atoms with Crippen molar-refractivity contribution in [3.63, 3.8) is 0 Å². The van der Waals surface area contributed by atoms with Crippen molar-refractivity contribution < 1.29 is 116 Å². The number of rotatable bonds is 35. The lowest BCUT2D eigenvalue weighted by atomic mass is 9.83. The lowest BCUT2D eigenvalue weighted by molar-refractivity contribution is -0.297. The SMILES string of the molecule is O=C(NCC[C@H](O)C(=O)N[C@@H]1C[C@H](NC(=O)OCc2ccccc2)[C@@H](O[C@H]2O[C@H](CO)CC[C@H]2NC(=O)OCc2ccccc2)[C@H](O[C@@H]2O[C@H](CO)[C@@H](O[C@H]3O[C@@H](CNC(=O)OCc4ccccc4)[C@@H](O)[C@H](O)[C@H]3NC(=O)OCc3ccccc3)[C@H]2OCCNCCc2ccccc2)[C@H]1O)OCc1ccccc1. The van der Waals surface area contributed by atoms with Gasteiger partial charge < -0.3 is 125 Å². The van der Waals surface area contributed by atoms with Crippen molar-refractivity contribution in [1.29, 1.82) is 0 Å². The molecule has 4 fully saturated rings. The van der Waals surface area contributed by atoms with Gasteiger partial charge in [0, 0.05) is 19.6 Å². The summed E-state index contributed by atoms with van der Waals surface area (Å²) in [6.07, 6.45) is -27.9. The Kier molecular flexibility index (Phi) is 31.8. The van der Waals surface area contributed by atoms with E-state index in [1.807, 2.05) is 30.3 Å². The number of alkyl carbamates (subject to hydrolysis) is 5. The van der Waals surface area contributed by atoms with Crippen molar-refractivity contribution in [2.24, 2.45) is 0 Å². The maximum absolute atomic E-state index is 14.3. The first-order valence-corrected chi connectivity index (χ1v) is 35.9. The Balaban J connectivity index is 0.973. The minimum absolute atomic E-state index is 0.0591. The van der Waals surface area contributed by atoms with Crippen molar-refractivity contribution in [2.75, 3.05) is 46.0 Å². The summed E-state index contributed by atoms with van der Waals surface area (Å²) in [5.74, 6) is -1.04. The Bertz CT molecular complexity index is 3690. The maximum Gasteiger partial charge on any atom is 0.407 e. The number of carbonyl (C=O) groups excluding carboxylic acids is 6. The summed E-state index contributed by atoms with van der Waals surface area (Å²) in [5, 5.41) is 89.6. The van der Waals surface area contributed by atoms with Crippen molar-refractivity contribution in [1.82, 2.24) is 37.2 Å². The van der Waals surface area contributed by atoms with Gasteiger partial charge >= 0.3 is 30.5 Å². The number of benzene rings is 6. The van der Waals surface area contributed by atoms with E-state index in [4.69, 9.17) is 56.8 Å². The molecule has 4 aliphatic rings. The first kappa shape index (κ1) is 81.1. The molecule has 31 nitrogen and oxygen atoms in total. The molecule has 10 rings (SSSR count). The highest BCUT2D eigenvalue weighted by molar-refractivity contribution is 5.81. The van der Waals surface area contributed by atoms with Crippen LogP contribution in [0.5, 0.6) is 0 Å². The van der Waals surface area contributed by atoms with Crippen LogP contribution in [0.25, 0.3) is 0 Å². The third-order valence-electron chi connectivity index (χ3n) is 18.4. The molecule has 13 N–H and O–H groups in total. The van der Waals surface area contributed by atoms with Gasteiger partial charge in [0.15, 0.2) is 18.9 Å². The fourth-order valence-electron chi connectivity index (χ4n) is 12.6. The molecule has 0 radical (unpaired) electrons. The normalized spacial score (nSPS) is 26.3. The van der Waals surface area contributed by atoms with Gasteiger partial charge in [0.2, 0.25) is 5.91 Å². The molecule has 6 aromatic rings. The fraction of sp³-hybridized carbons (Fsp3) is 0.455. The molecule has 3 heterocycles. The maximum atomic E-state index is 14.3. The van der Waals surface area contributed by atoms with E-state index in [0.717, 1.165) is 5.56 Å². The molecule has 0 aromatic heterocycles. The molecule has 0 spiro atoms. The first-order chi connectivity index (χ1) is 52.6. The molecule has 0 unspecified atom stereocenters. The van der Waals surface area contributed by atoms with Gasteiger partial charge in [-0.25, -0.2) is 24.0 Å². The monoisotopic (exact) mass is 1500 g/mol. The topological polar surface area (TPSA) is 419 Å². The van der Waals surface area contributed by atoms with Gasteiger partial charge in [-0.3, -0.25) is 4.79 Å². The summed E-state index contributed by atoms with van der Waals surface area (Å²) in [7, 11) is 0. The van der Waals surface area contributed by atoms with Crippen LogP contribution < -0.4 is 37.2 Å². The Morgan fingerprint density at radius 3 is 1.40 bits per heavy atom. The molecule has 3 saturated heterocycles. The van der Waals surface area contributed by atoms with Gasteiger partial charge in [-0.1, -0.05) is 182 Å². The van der Waals surface area contributed by atoms with E-state index in [1.54, 1.807) is 152 Å². The molecule has 3 aliphatic heterocycles. The Hall–Kier alpha value is -9.42. The third kappa shape index (κ3) is 24.8. The number of carbonyl (C=O) groups is 6. The number of ether oxygens (including phenoxy) is 12. The summed E-state index contributed by atoms with van der Waals surface area (Å²) in [5.41, 5.74) is 4.31. The molecule has 6 aromatic carbocycles. The molecule has 0 bridgehead atoms. The van der Waals surface area contributed by atoms with Crippen molar-refractivity contribution in [3.8, 4) is 0 Å². The van der Waals surface area contributed by atoms with E-state index in [-0.39, 0.29) is 72.0 Å². The van der Waals surface area contributed by atoms with Gasteiger partial charge in [0.1, 0.15) is 100 Å². The van der Waals surface area contributed by atoms with Gasteiger partial charge in [0.25, 0.3) is 0 Å². The molecular formula is C77H95N7O24. The van der Waals surface area contributed by atoms with E-state index in [0.29, 0.717) is 40.8 Å². The number of aliphatic hydroxyl groups is 6. The number of nitrogens with one attached hydrogen (secondary N) is 7. The zero-order valence-corrected chi connectivity index (χ0v) is 59.3.